The Balaban J connectivity index is 2.80. The van der Waals surface area contributed by atoms with Crippen molar-refractivity contribution in [2.75, 3.05) is 20.8 Å². The predicted molar refractivity (Wildman–Crippen MR) is 77.3 cm³/mol. The van der Waals surface area contributed by atoms with Crippen molar-refractivity contribution in [3.8, 4) is 17.6 Å². The Morgan fingerprint density at radius 2 is 1.77 bits per heavy atom. The van der Waals surface area contributed by atoms with E-state index in [0.29, 0.717) is 11.5 Å². The van der Waals surface area contributed by atoms with E-state index in [4.69, 9.17) is 24.9 Å². The van der Waals surface area contributed by atoms with Crippen LogP contribution in [-0.2, 0) is 9.53 Å². The molecule has 0 aliphatic rings. The Kier molecular flexibility index (Phi) is 6.08. The van der Waals surface area contributed by atoms with Crippen LogP contribution in [0.3, 0.4) is 0 Å². The monoisotopic (exact) mass is 304 g/mol. The smallest absolute Gasteiger partial charge is 0.338 e. The van der Waals surface area contributed by atoms with Crippen molar-refractivity contribution in [3.63, 3.8) is 0 Å². The van der Waals surface area contributed by atoms with Gasteiger partial charge in [-0.2, -0.15) is 5.26 Å². The van der Waals surface area contributed by atoms with Crippen LogP contribution in [-0.4, -0.2) is 38.3 Å². The lowest BCUT2D eigenvalue weighted by molar-refractivity contribution is -0.122. The van der Waals surface area contributed by atoms with Crippen LogP contribution in [0, 0.1) is 22.7 Å². The fraction of sp³-hybridized carbons (Fsp3) is 0.333. The highest BCUT2D eigenvalue weighted by molar-refractivity contribution is 6.06. The summed E-state index contributed by atoms with van der Waals surface area (Å²) in [4.78, 5) is 23.7. The van der Waals surface area contributed by atoms with E-state index in [9.17, 15) is 9.59 Å². The van der Waals surface area contributed by atoms with Crippen LogP contribution in [0.4, 0.5) is 0 Å². The van der Waals surface area contributed by atoms with Gasteiger partial charge in [-0.05, 0) is 19.1 Å². The van der Waals surface area contributed by atoms with E-state index in [1.54, 1.807) is 12.1 Å². The summed E-state index contributed by atoms with van der Waals surface area (Å²) in [5.74, 6) is -1.78. The molecule has 0 aliphatic heterocycles. The molecule has 7 nitrogen and oxygen atoms in total. The minimum atomic E-state index is -1.20. The topological polar surface area (TPSA) is 109 Å². The van der Waals surface area contributed by atoms with Gasteiger partial charge in [0.2, 0.25) is 0 Å². The molecule has 0 saturated heterocycles. The van der Waals surface area contributed by atoms with E-state index < -0.39 is 24.3 Å². The molecule has 1 aromatic rings. The van der Waals surface area contributed by atoms with Crippen LogP contribution in [0.2, 0.25) is 0 Å². The fourth-order valence-electron chi connectivity index (χ4n) is 1.64. The van der Waals surface area contributed by atoms with Crippen LogP contribution < -0.4 is 9.47 Å². The van der Waals surface area contributed by atoms with Crippen molar-refractivity contribution >= 4 is 17.5 Å². The van der Waals surface area contributed by atoms with Crippen LogP contribution in [0.5, 0.6) is 11.5 Å². The van der Waals surface area contributed by atoms with Crippen molar-refractivity contribution in [2.24, 2.45) is 5.92 Å². The van der Waals surface area contributed by atoms with Gasteiger partial charge >= 0.3 is 5.97 Å². The molecule has 0 bridgehead atoms. The van der Waals surface area contributed by atoms with E-state index in [0.717, 1.165) is 0 Å². The van der Waals surface area contributed by atoms with Gasteiger partial charge in [0.1, 0.15) is 17.4 Å². The number of esters is 1. The molecule has 0 fully saturated rings. The molecule has 0 saturated carbocycles. The van der Waals surface area contributed by atoms with Gasteiger partial charge in [0.05, 0.1) is 25.9 Å². The van der Waals surface area contributed by atoms with Crippen molar-refractivity contribution in [3.05, 3.63) is 23.8 Å². The van der Waals surface area contributed by atoms with E-state index in [-0.39, 0.29) is 11.3 Å². The summed E-state index contributed by atoms with van der Waals surface area (Å²) in [6.07, 6.45) is 0. The molecular weight excluding hydrogens is 288 g/mol. The first-order chi connectivity index (χ1) is 10.4. The number of Topliss-reactive ketones (excluding diaryl/α,β-unsaturated/α-hetero) is 1. The lowest BCUT2D eigenvalue weighted by atomic mass is 10.0. The van der Waals surface area contributed by atoms with E-state index in [1.165, 1.54) is 33.3 Å². The summed E-state index contributed by atoms with van der Waals surface area (Å²) in [5, 5.41) is 16.1. The Morgan fingerprint density at radius 1 is 1.23 bits per heavy atom. The highest BCUT2D eigenvalue weighted by atomic mass is 16.5. The minimum Gasteiger partial charge on any atom is -0.497 e. The van der Waals surface area contributed by atoms with E-state index in [1.807, 2.05) is 0 Å². The number of nitrogens with zero attached hydrogens (tertiary/aromatic N) is 1. The number of nitrogens with one attached hydrogen (secondary N) is 1. The van der Waals surface area contributed by atoms with Crippen LogP contribution in [0.15, 0.2) is 18.2 Å². The van der Waals surface area contributed by atoms with Crippen LogP contribution in [0.1, 0.15) is 17.3 Å². The Labute approximate surface area is 127 Å². The average molecular weight is 304 g/mol. The summed E-state index contributed by atoms with van der Waals surface area (Å²) < 4.78 is 14.9. The van der Waals surface area contributed by atoms with E-state index >= 15 is 0 Å². The number of hydrogen-bond donors (Lipinski definition) is 1. The maximum atomic E-state index is 11.9. The van der Waals surface area contributed by atoms with Crippen molar-refractivity contribution in [1.29, 1.82) is 10.7 Å². The molecule has 0 spiro atoms. The first kappa shape index (κ1) is 17.2. The maximum Gasteiger partial charge on any atom is 0.338 e. The molecule has 1 atom stereocenters. The molecular formula is C15H16N2O5. The lowest BCUT2D eigenvalue weighted by Crippen LogP contribution is -2.25. The number of methoxy groups -OCH3 is 2. The number of benzene rings is 1. The number of ether oxygens (including phenoxy) is 3. The molecule has 22 heavy (non-hydrogen) atoms. The molecule has 1 aromatic carbocycles. The number of rotatable bonds is 7. The fourth-order valence-corrected chi connectivity index (χ4v) is 1.64. The third-order valence-electron chi connectivity index (χ3n) is 2.82. The van der Waals surface area contributed by atoms with Gasteiger partial charge < -0.3 is 19.6 Å². The highest BCUT2D eigenvalue weighted by Gasteiger charge is 2.22. The zero-order valence-electron chi connectivity index (χ0n) is 12.5. The van der Waals surface area contributed by atoms with Crippen LogP contribution >= 0.6 is 0 Å². The summed E-state index contributed by atoms with van der Waals surface area (Å²) in [6.45, 7) is 0.771. The predicted octanol–water partition coefficient (Wildman–Crippen LogP) is 1.61. The van der Waals surface area contributed by atoms with Crippen molar-refractivity contribution in [1.82, 2.24) is 0 Å². The Hall–Kier alpha value is -2.88. The highest BCUT2D eigenvalue weighted by Crippen LogP contribution is 2.23. The van der Waals surface area contributed by atoms with E-state index in [2.05, 4.69) is 0 Å². The molecule has 0 heterocycles. The molecule has 0 radical (unpaired) electrons. The molecule has 0 aliphatic carbocycles. The molecule has 0 amide bonds. The SMILES string of the molecule is COc1cc(OC)cc(C(=O)OCC(=O)C(C#N)C(C)=N)c1. The maximum absolute atomic E-state index is 11.9. The van der Waals surface area contributed by atoms with Gasteiger partial charge in [-0.1, -0.05) is 0 Å². The van der Waals surface area contributed by atoms with Gasteiger partial charge in [0, 0.05) is 11.8 Å². The summed E-state index contributed by atoms with van der Waals surface area (Å²) in [7, 11) is 2.88. The molecule has 1 rings (SSSR count). The number of nitriles is 1. The first-order valence-corrected chi connectivity index (χ1v) is 6.30. The molecule has 0 aromatic heterocycles. The van der Waals surface area contributed by atoms with Gasteiger partial charge in [-0.3, -0.25) is 4.79 Å². The Morgan fingerprint density at radius 3 is 2.18 bits per heavy atom. The van der Waals surface area contributed by atoms with Crippen molar-refractivity contribution < 1.29 is 23.8 Å². The zero-order chi connectivity index (χ0) is 16.7. The lowest BCUT2D eigenvalue weighted by Gasteiger charge is -2.09. The number of hydrogen-bond acceptors (Lipinski definition) is 7. The zero-order valence-corrected chi connectivity index (χ0v) is 12.5. The van der Waals surface area contributed by atoms with Crippen LogP contribution in [0.25, 0.3) is 0 Å². The second kappa shape index (κ2) is 7.78. The summed E-state index contributed by atoms with van der Waals surface area (Å²) in [6, 6.07) is 6.17. The number of ketones is 1. The van der Waals surface area contributed by atoms with Crippen molar-refractivity contribution in [2.45, 2.75) is 6.92 Å². The molecule has 1 unspecified atom stereocenters. The molecule has 7 heteroatoms. The third-order valence-corrected chi connectivity index (χ3v) is 2.82. The van der Waals surface area contributed by atoms with Gasteiger partial charge in [-0.15, -0.1) is 0 Å². The summed E-state index contributed by atoms with van der Waals surface area (Å²) >= 11 is 0. The molecule has 1 N–H and O–H groups in total. The number of carbonyl (C=O) groups is 2. The normalized spacial score (nSPS) is 11.0. The largest absolute Gasteiger partial charge is 0.497 e. The quantitative estimate of drug-likeness (QED) is 0.605. The van der Waals surface area contributed by atoms with Gasteiger partial charge in [-0.25, -0.2) is 4.79 Å². The first-order valence-electron chi connectivity index (χ1n) is 6.30. The summed E-state index contributed by atoms with van der Waals surface area (Å²) in [5.41, 5.74) is 0.0654. The third kappa shape index (κ3) is 4.31. The second-order valence-corrected chi connectivity index (χ2v) is 4.39. The standard InChI is InChI=1S/C15H16N2O5/c1-9(17)13(7-16)14(18)8-22-15(19)10-4-11(20-2)6-12(5-10)21-3/h4-6,13,17H,8H2,1-3H3. The minimum absolute atomic E-state index is 0.0911. The van der Waals surface area contributed by atoms with Gasteiger partial charge in [0.25, 0.3) is 0 Å². The molecule has 116 valence electrons. The average Bonchev–Trinajstić information content (AvgIpc) is 2.52. The Bertz CT molecular complexity index is 611. The number of carbonyl (C=O) groups excluding carboxylic acids is 2. The van der Waals surface area contributed by atoms with Gasteiger partial charge in [0.15, 0.2) is 12.4 Å². The second-order valence-electron chi connectivity index (χ2n) is 4.39.